The van der Waals surface area contributed by atoms with Gasteiger partial charge >= 0.3 is 0 Å². The monoisotopic (exact) mass is 318 g/mol. The number of amides is 1. The molecule has 2 rings (SSSR count). The fourth-order valence-corrected chi connectivity index (χ4v) is 3.09. The third-order valence-electron chi connectivity index (χ3n) is 3.51. The van der Waals surface area contributed by atoms with E-state index in [2.05, 4.69) is 5.32 Å². The smallest absolute Gasteiger partial charge is 0.268 e. The van der Waals surface area contributed by atoms with E-state index in [1.54, 1.807) is 24.8 Å². The number of carbonyl (C=O) groups is 1. The first-order chi connectivity index (χ1) is 10.4. The standard InChI is InChI=1S/C17H22N2O2S/c1-17(21,12-22-3)11-18-16(20)15-10-9-14(19(15)2)13-7-5-4-6-8-13/h4-10,21H,11-12H2,1-3H3,(H,18,20). The molecule has 0 fully saturated rings. The van der Waals surface area contributed by atoms with Gasteiger partial charge in [-0.25, -0.2) is 0 Å². The van der Waals surface area contributed by atoms with E-state index in [4.69, 9.17) is 0 Å². The molecule has 2 N–H and O–H groups in total. The average molecular weight is 318 g/mol. The second-order valence-corrected chi connectivity index (χ2v) is 6.51. The molecule has 1 aromatic heterocycles. The van der Waals surface area contributed by atoms with Crippen LogP contribution < -0.4 is 5.32 Å². The van der Waals surface area contributed by atoms with E-state index in [0.29, 0.717) is 11.4 Å². The van der Waals surface area contributed by atoms with Crippen LogP contribution >= 0.6 is 11.8 Å². The minimum Gasteiger partial charge on any atom is -0.387 e. The summed E-state index contributed by atoms with van der Waals surface area (Å²) < 4.78 is 1.87. The van der Waals surface area contributed by atoms with Crippen LogP contribution in [-0.4, -0.2) is 39.7 Å². The van der Waals surface area contributed by atoms with Crippen molar-refractivity contribution in [1.82, 2.24) is 9.88 Å². The maximum absolute atomic E-state index is 12.3. The highest BCUT2D eigenvalue weighted by Crippen LogP contribution is 2.21. The summed E-state index contributed by atoms with van der Waals surface area (Å²) in [6.07, 6.45) is 1.93. The molecule has 22 heavy (non-hydrogen) atoms. The Kier molecular flexibility index (Phi) is 5.32. The summed E-state index contributed by atoms with van der Waals surface area (Å²) in [6, 6.07) is 13.7. The lowest BCUT2D eigenvalue weighted by Crippen LogP contribution is -2.42. The van der Waals surface area contributed by atoms with Crippen LogP contribution in [0.3, 0.4) is 0 Å². The molecule has 1 amide bonds. The lowest BCUT2D eigenvalue weighted by molar-refractivity contribution is 0.0720. The van der Waals surface area contributed by atoms with Crippen LogP contribution in [0, 0.1) is 0 Å². The molecule has 5 heteroatoms. The van der Waals surface area contributed by atoms with E-state index in [1.807, 2.05) is 54.3 Å². The molecule has 0 bridgehead atoms. The summed E-state index contributed by atoms with van der Waals surface area (Å²) in [5, 5.41) is 12.9. The second kappa shape index (κ2) is 7.03. The van der Waals surface area contributed by atoms with E-state index in [-0.39, 0.29) is 12.5 Å². The summed E-state index contributed by atoms with van der Waals surface area (Å²) in [5.74, 6) is 0.404. The molecule has 1 aromatic carbocycles. The van der Waals surface area contributed by atoms with Gasteiger partial charge in [-0.2, -0.15) is 11.8 Å². The molecule has 0 saturated heterocycles. The quantitative estimate of drug-likeness (QED) is 0.860. The van der Waals surface area contributed by atoms with Crippen LogP contribution in [0.25, 0.3) is 11.3 Å². The van der Waals surface area contributed by atoms with Crippen molar-refractivity contribution in [3.05, 3.63) is 48.2 Å². The first kappa shape index (κ1) is 16.6. The lowest BCUT2D eigenvalue weighted by atomic mass is 10.1. The topological polar surface area (TPSA) is 54.3 Å². The molecule has 0 saturated carbocycles. The second-order valence-electron chi connectivity index (χ2n) is 5.64. The summed E-state index contributed by atoms with van der Waals surface area (Å²) in [7, 11) is 1.87. The van der Waals surface area contributed by atoms with Gasteiger partial charge in [-0.05, 0) is 30.9 Å². The number of hydrogen-bond acceptors (Lipinski definition) is 3. The zero-order valence-electron chi connectivity index (χ0n) is 13.2. The SMILES string of the molecule is CSCC(C)(O)CNC(=O)c1ccc(-c2ccccc2)n1C. The third-order valence-corrected chi connectivity index (χ3v) is 4.42. The number of rotatable bonds is 6. The Labute approximate surface area is 135 Å². The Morgan fingerprint density at radius 1 is 1.27 bits per heavy atom. The number of aromatic nitrogens is 1. The molecule has 0 aliphatic heterocycles. The maximum Gasteiger partial charge on any atom is 0.268 e. The van der Waals surface area contributed by atoms with Crippen molar-refractivity contribution in [3.63, 3.8) is 0 Å². The average Bonchev–Trinajstić information content (AvgIpc) is 2.87. The zero-order valence-corrected chi connectivity index (χ0v) is 14.0. The van der Waals surface area contributed by atoms with Crippen LogP contribution in [0.2, 0.25) is 0 Å². The largest absolute Gasteiger partial charge is 0.387 e. The van der Waals surface area contributed by atoms with Gasteiger partial charge in [0.15, 0.2) is 0 Å². The molecule has 4 nitrogen and oxygen atoms in total. The van der Waals surface area contributed by atoms with Gasteiger partial charge in [0.05, 0.1) is 5.60 Å². The lowest BCUT2D eigenvalue weighted by Gasteiger charge is -2.22. The number of benzene rings is 1. The molecule has 0 aliphatic rings. The van der Waals surface area contributed by atoms with Crippen LogP contribution in [-0.2, 0) is 7.05 Å². The summed E-state index contributed by atoms with van der Waals surface area (Å²) in [4.78, 5) is 12.3. The maximum atomic E-state index is 12.3. The van der Waals surface area contributed by atoms with Gasteiger partial charge in [0.25, 0.3) is 5.91 Å². The van der Waals surface area contributed by atoms with Crippen molar-refractivity contribution in [2.75, 3.05) is 18.6 Å². The van der Waals surface area contributed by atoms with E-state index < -0.39 is 5.60 Å². The van der Waals surface area contributed by atoms with Crippen LogP contribution in [0.4, 0.5) is 0 Å². The Balaban J connectivity index is 2.10. The van der Waals surface area contributed by atoms with Crippen molar-refractivity contribution in [2.24, 2.45) is 7.05 Å². The van der Waals surface area contributed by atoms with E-state index in [0.717, 1.165) is 11.3 Å². The molecule has 0 aliphatic carbocycles. The molecular weight excluding hydrogens is 296 g/mol. The van der Waals surface area contributed by atoms with Gasteiger partial charge < -0.3 is 15.0 Å². The predicted octanol–water partition coefficient (Wildman–Crippen LogP) is 2.54. The van der Waals surface area contributed by atoms with Gasteiger partial charge in [-0.15, -0.1) is 0 Å². The Hall–Kier alpha value is -1.72. The van der Waals surface area contributed by atoms with Crippen molar-refractivity contribution in [2.45, 2.75) is 12.5 Å². The number of aliphatic hydroxyl groups is 1. The number of thioether (sulfide) groups is 1. The number of hydrogen-bond donors (Lipinski definition) is 2. The van der Waals surface area contributed by atoms with Crippen LogP contribution in [0.15, 0.2) is 42.5 Å². The van der Waals surface area contributed by atoms with Gasteiger partial charge in [-0.3, -0.25) is 4.79 Å². The highest BCUT2D eigenvalue weighted by atomic mass is 32.2. The minimum absolute atomic E-state index is 0.175. The number of nitrogens with one attached hydrogen (secondary N) is 1. The van der Waals surface area contributed by atoms with Crippen LogP contribution in [0.5, 0.6) is 0 Å². The van der Waals surface area contributed by atoms with Gasteiger partial charge in [0.1, 0.15) is 5.69 Å². The number of carbonyl (C=O) groups excluding carboxylic acids is 1. The molecule has 0 radical (unpaired) electrons. The first-order valence-corrected chi connectivity index (χ1v) is 8.54. The fraction of sp³-hybridized carbons (Fsp3) is 0.353. The molecule has 118 valence electrons. The van der Waals surface area contributed by atoms with Crippen molar-refractivity contribution >= 4 is 17.7 Å². The highest BCUT2D eigenvalue weighted by molar-refractivity contribution is 7.98. The summed E-state index contributed by atoms with van der Waals surface area (Å²) in [5.41, 5.74) is 1.74. The third kappa shape index (κ3) is 3.93. The van der Waals surface area contributed by atoms with Gasteiger partial charge in [0, 0.05) is 25.0 Å². The van der Waals surface area contributed by atoms with Gasteiger partial charge in [-0.1, -0.05) is 30.3 Å². The molecule has 0 spiro atoms. The van der Waals surface area contributed by atoms with Crippen LogP contribution in [0.1, 0.15) is 17.4 Å². The number of nitrogens with zero attached hydrogens (tertiary/aromatic N) is 1. The predicted molar refractivity (Wildman–Crippen MR) is 92.2 cm³/mol. The van der Waals surface area contributed by atoms with E-state index in [1.165, 1.54) is 0 Å². The summed E-state index contributed by atoms with van der Waals surface area (Å²) in [6.45, 7) is 1.96. The Morgan fingerprint density at radius 3 is 2.59 bits per heavy atom. The summed E-state index contributed by atoms with van der Waals surface area (Å²) >= 11 is 1.55. The first-order valence-electron chi connectivity index (χ1n) is 7.15. The normalized spacial score (nSPS) is 13.6. The van der Waals surface area contributed by atoms with Crippen molar-refractivity contribution in [3.8, 4) is 11.3 Å². The highest BCUT2D eigenvalue weighted by Gasteiger charge is 2.22. The molecule has 1 atom stereocenters. The Morgan fingerprint density at radius 2 is 1.95 bits per heavy atom. The zero-order chi connectivity index (χ0) is 16.2. The Bertz CT molecular complexity index is 635. The van der Waals surface area contributed by atoms with Crippen molar-refractivity contribution in [1.29, 1.82) is 0 Å². The van der Waals surface area contributed by atoms with E-state index >= 15 is 0 Å². The molecule has 2 aromatic rings. The fourth-order valence-electron chi connectivity index (χ4n) is 2.36. The van der Waals surface area contributed by atoms with Crippen molar-refractivity contribution < 1.29 is 9.90 Å². The molecular formula is C17H22N2O2S. The molecule has 1 unspecified atom stereocenters. The van der Waals surface area contributed by atoms with E-state index in [9.17, 15) is 9.90 Å². The van der Waals surface area contributed by atoms with Gasteiger partial charge in [0.2, 0.25) is 0 Å². The molecule has 1 heterocycles. The minimum atomic E-state index is -0.900.